The summed E-state index contributed by atoms with van der Waals surface area (Å²) in [5.41, 5.74) is 0. The highest BCUT2D eigenvalue weighted by molar-refractivity contribution is 5.71. The van der Waals surface area contributed by atoms with Gasteiger partial charge >= 0.3 is 17.9 Å². The summed E-state index contributed by atoms with van der Waals surface area (Å²) in [5, 5.41) is 0. The summed E-state index contributed by atoms with van der Waals surface area (Å²) in [6.45, 7) is 6.49. The highest BCUT2D eigenvalue weighted by Gasteiger charge is 2.19. The second kappa shape index (κ2) is 44.1. The molecule has 0 amide bonds. The van der Waals surface area contributed by atoms with E-state index in [0.717, 1.165) is 83.5 Å². The van der Waals surface area contributed by atoms with Crippen molar-refractivity contribution in [3.05, 3.63) is 48.6 Å². The number of esters is 3. The van der Waals surface area contributed by atoms with Gasteiger partial charge in [0.05, 0.1) is 0 Å². The van der Waals surface area contributed by atoms with Crippen molar-refractivity contribution in [3.63, 3.8) is 0 Å². The van der Waals surface area contributed by atoms with Crippen LogP contribution in [0.3, 0.4) is 0 Å². The summed E-state index contributed by atoms with van der Waals surface area (Å²) in [7, 11) is 0. The Balaban J connectivity index is 4.47. The highest BCUT2D eigenvalue weighted by atomic mass is 16.6. The fourth-order valence-electron chi connectivity index (χ4n) is 6.23. The summed E-state index contributed by atoms with van der Waals surface area (Å²) in [5.74, 6) is -1.01. The maximum absolute atomic E-state index is 12.7. The molecule has 0 aromatic rings. The molecule has 0 saturated carbocycles. The molecular weight excluding hydrogens is 685 g/mol. The minimum Gasteiger partial charge on any atom is -0.462 e. The van der Waals surface area contributed by atoms with E-state index in [0.29, 0.717) is 19.3 Å². The summed E-state index contributed by atoms with van der Waals surface area (Å²) >= 11 is 0. The lowest BCUT2D eigenvalue weighted by molar-refractivity contribution is -0.166. The van der Waals surface area contributed by atoms with E-state index in [-0.39, 0.29) is 37.5 Å². The van der Waals surface area contributed by atoms with Gasteiger partial charge in [0.15, 0.2) is 6.10 Å². The first-order valence-corrected chi connectivity index (χ1v) is 23.1. The molecule has 318 valence electrons. The predicted octanol–water partition coefficient (Wildman–Crippen LogP) is 14.8. The third-order valence-electron chi connectivity index (χ3n) is 9.79. The van der Waals surface area contributed by atoms with Crippen LogP contribution in [0.25, 0.3) is 0 Å². The van der Waals surface area contributed by atoms with E-state index in [1.807, 2.05) is 6.08 Å². The van der Waals surface area contributed by atoms with Gasteiger partial charge in [0.2, 0.25) is 0 Å². The lowest BCUT2D eigenvalue weighted by Crippen LogP contribution is -2.30. The van der Waals surface area contributed by atoms with E-state index >= 15 is 0 Å². The topological polar surface area (TPSA) is 78.9 Å². The molecule has 0 aliphatic carbocycles. The van der Waals surface area contributed by atoms with E-state index in [2.05, 4.69) is 63.3 Å². The molecule has 0 fully saturated rings. The van der Waals surface area contributed by atoms with E-state index in [1.54, 1.807) is 0 Å². The van der Waals surface area contributed by atoms with Crippen molar-refractivity contribution in [2.24, 2.45) is 0 Å². The zero-order valence-electron chi connectivity index (χ0n) is 36.2. The van der Waals surface area contributed by atoms with Crippen molar-refractivity contribution >= 4 is 17.9 Å². The normalized spacial score (nSPS) is 12.4. The SMILES string of the molecule is CCCC/C=C\CCCCCCC(=O)OCC(COC(=O)CCCCC/C=C\CCCCCCCCC)OC(=O)CC/C=C\C/C=C\CCCCCCCC. The summed E-state index contributed by atoms with van der Waals surface area (Å²) < 4.78 is 16.6. The first-order valence-electron chi connectivity index (χ1n) is 23.1. The molecular formula is C49H86O6. The Bertz CT molecular complexity index is 980. The van der Waals surface area contributed by atoms with Gasteiger partial charge in [-0.25, -0.2) is 0 Å². The van der Waals surface area contributed by atoms with E-state index in [4.69, 9.17) is 14.2 Å². The first-order chi connectivity index (χ1) is 27.0. The third-order valence-corrected chi connectivity index (χ3v) is 9.79. The van der Waals surface area contributed by atoms with Crippen molar-refractivity contribution in [1.82, 2.24) is 0 Å². The van der Waals surface area contributed by atoms with Crippen LogP contribution in [0.4, 0.5) is 0 Å². The molecule has 0 aromatic heterocycles. The van der Waals surface area contributed by atoms with Crippen LogP contribution in [0.15, 0.2) is 48.6 Å². The molecule has 0 rings (SSSR count). The van der Waals surface area contributed by atoms with Crippen LogP contribution in [0, 0.1) is 0 Å². The van der Waals surface area contributed by atoms with Gasteiger partial charge in [-0.15, -0.1) is 0 Å². The van der Waals surface area contributed by atoms with E-state index < -0.39 is 6.10 Å². The van der Waals surface area contributed by atoms with Gasteiger partial charge in [0, 0.05) is 19.3 Å². The van der Waals surface area contributed by atoms with Crippen molar-refractivity contribution in [1.29, 1.82) is 0 Å². The maximum Gasteiger partial charge on any atom is 0.306 e. The second-order valence-corrected chi connectivity index (χ2v) is 15.3. The van der Waals surface area contributed by atoms with Gasteiger partial charge in [-0.1, -0.05) is 172 Å². The number of rotatable bonds is 41. The number of hydrogen-bond acceptors (Lipinski definition) is 6. The molecule has 0 aromatic carbocycles. The molecule has 0 saturated heterocycles. The van der Waals surface area contributed by atoms with Crippen molar-refractivity contribution in [3.8, 4) is 0 Å². The minimum atomic E-state index is -0.810. The fraction of sp³-hybridized carbons (Fsp3) is 0.776. The zero-order valence-corrected chi connectivity index (χ0v) is 36.2. The standard InChI is InChI=1S/C49H86O6/c1-4-7-10-13-16-19-22-24-26-27-30-33-36-39-42-48(51)54-45-46(44-53-47(50)41-38-35-32-29-21-18-15-12-9-6-3)55-49(52)43-40-37-34-31-28-25-23-20-17-14-11-8-5-2/h15,18,25-28,34,37,46H,4-14,16-17,19-24,29-33,35-36,38-45H2,1-3H3/b18-15-,27-26-,28-25-,37-34-. The summed E-state index contributed by atoms with van der Waals surface area (Å²) in [6, 6.07) is 0. The second-order valence-electron chi connectivity index (χ2n) is 15.3. The first kappa shape index (κ1) is 52.4. The zero-order chi connectivity index (χ0) is 40.1. The van der Waals surface area contributed by atoms with Gasteiger partial charge in [0.25, 0.3) is 0 Å². The lowest BCUT2D eigenvalue weighted by atomic mass is 10.1. The van der Waals surface area contributed by atoms with Gasteiger partial charge in [-0.05, 0) is 83.5 Å². The largest absolute Gasteiger partial charge is 0.462 e. The molecule has 1 unspecified atom stereocenters. The molecule has 0 N–H and O–H groups in total. The molecule has 0 radical (unpaired) electrons. The van der Waals surface area contributed by atoms with Crippen molar-refractivity contribution in [2.45, 2.75) is 232 Å². The smallest absolute Gasteiger partial charge is 0.306 e. The van der Waals surface area contributed by atoms with Crippen LogP contribution < -0.4 is 0 Å². The molecule has 0 bridgehead atoms. The number of allylic oxidation sites excluding steroid dienone is 8. The van der Waals surface area contributed by atoms with Crippen LogP contribution >= 0.6 is 0 Å². The number of hydrogen-bond donors (Lipinski definition) is 0. The summed E-state index contributed by atoms with van der Waals surface area (Å²) in [4.78, 5) is 37.7. The minimum absolute atomic E-state index is 0.106. The van der Waals surface area contributed by atoms with Crippen LogP contribution in [0.5, 0.6) is 0 Å². The Morgan fingerprint density at radius 1 is 0.364 bits per heavy atom. The molecule has 1 atom stereocenters. The molecule has 0 aliphatic rings. The lowest BCUT2D eigenvalue weighted by Gasteiger charge is -2.18. The average molecular weight is 771 g/mol. The van der Waals surface area contributed by atoms with Crippen LogP contribution in [0.1, 0.15) is 226 Å². The monoisotopic (exact) mass is 771 g/mol. The maximum atomic E-state index is 12.7. The summed E-state index contributed by atoms with van der Waals surface area (Å²) in [6.07, 6.45) is 51.1. The van der Waals surface area contributed by atoms with Gasteiger partial charge in [0.1, 0.15) is 13.2 Å². The van der Waals surface area contributed by atoms with Gasteiger partial charge in [-0.3, -0.25) is 14.4 Å². The molecule has 55 heavy (non-hydrogen) atoms. The number of unbranched alkanes of at least 4 members (excludes halogenated alkanes) is 22. The Hall–Kier alpha value is -2.63. The molecule has 0 aliphatic heterocycles. The van der Waals surface area contributed by atoms with Gasteiger partial charge in [-0.2, -0.15) is 0 Å². The van der Waals surface area contributed by atoms with E-state index in [1.165, 1.54) is 96.3 Å². The predicted molar refractivity (Wildman–Crippen MR) is 233 cm³/mol. The van der Waals surface area contributed by atoms with Crippen LogP contribution in [-0.2, 0) is 28.6 Å². The Kier molecular flexibility index (Phi) is 42.0. The Morgan fingerprint density at radius 2 is 0.709 bits per heavy atom. The fourth-order valence-corrected chi connectivity index (χ4v) is 6.23. The van der Waals surface area contributed by atoms with E-state index in [9.17, 15) is 14.4 Å². The average Bonchev–Trinajstić information content (AvgIpc) is 3.18. The highest BCUT2D eigenvalue weighted by Crippen LogP contribution is 2.12. The third kappa shape index (κ3) is 42.4. The number of ether oxygens (including phenoxy) is 3. The van der Waals surface area contributed by atoms with Crippen LogP contribution in [0.2, 0.25) is 0 Å². The molecule has 6 nitrogen and oxygen atoms in total. The van der Waals surface area contributed by atoms with Crippen LogP contribution in [-0.4, -0.2) is 37.2 Å². The number of carbonyl (C=O) groups is 3. The van der Waals surface area contributed by atoms with Crippen molar-refractivity contribution in [2.75, 3.05) is 13.2 Å². The quantitative estimate of drug-likeness (QED) is 0.0267. The van der Waals surface area contributed by atoms with Gasteiger partial charge < -0.3 is 14.2 Å². The molecule has 0 heterocycles. The molecule has 0 spiro atoms. The number of carbonyl (C=O) groups excluding carboxylic acids is 3. The molecule has 6 heteroatoms. The Morgan fingerprint density at radius 3 is 1.16 bits per heavy atom. The Labute approximate surface area is 339 Å². The van der Waals surface area contributed by atoms with Crippen molar-refractivity contribution < 1.29 is 28.6 Å².